The highest BCUT2D eigenvalue weighted by Crippen LogP contribution is 2.58. The number of nitrogens with zero attached hydrogens (tertiary/aromatic N) is 1. The molecule has 8 heteroatoms. The number of carbonyl (C=O) groups excluding carboxylic acids is 1. The second-order valence-electron chi connectivity index (χ2n) is 10.2. The van der Waals surface area contributed by atoms with Gasteiger partial charge < -0.3 is 34.4 Å². The SMILES string of the molecule is COc1c(C)c(OC)c2c(c1O)C(N(C)C)[C@@H]1Cc3c(O)c(C)c(C)c(OC)c3[C@H](CO)C1C(=O)C2. The first kappa shape index (κ1) is 26.1. The molecule has 2 aromatic carbocycles. The van der Waals surface area contributed by atoms with E-state index in [0.717, 1.165) is 5.56 Å². The van der Waals surface area contributed by atoms with E-state index >= 15 is 0 Å². The number of methoxy groups -OCH3 is 3. The highest BCUT2D eigenvalue weighted by molar-refractivity contribution is 5.88. The Morgan fingerprint density at radius 1 is 0.833 bits per heavy atom. The lowest BCUT2D eigenvalue weighted by molar-refractivity contribution is -0.126. The summed E-state index contributed by atoms with van der Waals surface area (Å²) in [5, 5.41) is 33.4. The van der Waals surface area contributed by atoms with E-state index in [-0.39, 0.29) is 36.2 Å². The largest absolute Gasteiger partial charge is 0.507 e. The molecule has 36 heavy (non-hydrogen) atoms. The molecule has 2 aliphatic rings. The van der Waals surface area contributed by atoms with Crippen LogP contribution in [0.25, 0.3) is 0 Å². The van der Waals surface area contributed by atoms with Gasteiger partial charge in [-0.15, -0.1) is 0 Å². The highest BCUT2D eigenvalue weighted by Gasteiger charge is 2.51. The first-order valence-electron chi connectivity index (χ1n) is 12.2. The Kier molecular flexibility index (Phi) is 6.88. The third-order valence-corrected chi connectivity index (χ3v) is 8.36. The fourth-order valence-corrected chi connectivity index (χ4v) is 6.78. The Labute approximate surface area is 212 Å². The van der Waals surface area contributed by atoms with Crippen LogP contribution < -0.4 is 14.2 Å². The Bertz CT molecular complexity index is 1220. The minimum absolute atomic E-state index is 0.00816. The van der Waals surface area contributed by atoms with Crippen LogP contribution in [0.15, 0.2) is 0 Å². The smallest absolute Gasteiger partial charge is 0.167 e. The van der Waals surface area contributed by atoms with Gasteiger partial charge in [-0.25, -0.2) is 0 Å². The summed E-state index contributed by atoms with van der Waals surface area (Å²) in [7, 11) is 8.43. The number of Topliss-reactive ketones (excluding diaryl/α,β-unsaturated/α-hetero) is 1. The summed E-state index contributed by atoms with van der Waals surface area (Å²) in [6.45, 7) is 5.24. The van der Waals surface area contributed by atoms with Crippen LogP contribution in [0.3, 0.4) is 0 Å². The molecule has 2 aromatic rings. The van der Waals surface area contributed by atoms with E-state index < -0.39 is 17.9 Å². The van der Waals surface area contributed by atoms with Crippen molar-refractivity contribution in [3.05, 3.63) is 38.9 Å². The van der Waals surface area contributed by atoms with Crippen molar-refractivity contribution in [1.82, 2.24) is 4.90 Å². The molecule has 4 rings (SSSR count). The van der Waals surface area contributed by atoms with Gasteiger partial charge in [0.05, 0.1) is 27.9 Å². The molecule has 0 spiro atoms. The lowest BCUT2D eigenvalue weighted by Crippen LogP contribution is -2.42. The fourth-order valence-electron chi connectivity index (χ4n) is 6.78. The molecular weight excluding hydrogens is 462 g/mol. The number of carbonyl (C=O) groups is 1. The molecule has 0 heterocycles. The van der Waals surface area contributed by atoms with Gasteiger partial charge in [-0.2, -0.15) is 0 Å². The molecule has 0 bridgehead atoms. The van der Waals surface area contributed by atoms with E-state index in [1.165, 1.54) is 7.11 Å². The van der Waals surface area contributed by atoms with Gasteiger partial charge in [0.2, 0.25) is 0 Å². The highest BCUT2D eigenvalue weighted by atomic mass is 16.5. The van der Waals surface area contributed by atoms with Gasteiger partial charge in [0.25, 0.3) is 0 Å². The zero-order valence-corrected chi connectivity index (χ0v) is 22.4. The molecule has 2 aliphatic carbocycles. The minimum Gasteiger partial charge on any atom is -0.507 e. The van der Waals surface area contributed by atoms with Crippen molar-refractivity contribution in [2.75, 3.05) is 42.0 Å². The van der Waals surface area contributed by atoms with Crippen molar-refractivity contribution in [1.29, 1.82) is 0 Å². The van der Waals surface area contributed by atoms with Crippen molar-refractivity contribution in [3.8, 4) is 28.7 Å². The average Bonchev–Trinajstić information content (AvgIpc) is 2.97. The minimum atomic E-state index is -0.570. The lowest BCUT2D eigenvalue weighted by atomic mass is 9.64. The Morgan fingerprint density at radius 3 is 1.97 bits per heavy atom. The summed E-state index contributed by atoms with van der Waals surface area (Å²) in [5.74, 6) is 0.0811. The maximum atomic E-state index is 14.0. The van der Waals surface area contributed by atoms with E-state index in [4.69, 9.17) is 14.2 Å². The molecule has 4 atom stereocenters. The molecule has 0 saturated carbocycles. The number of aliphatic hydroxyl groups is 1. The number of aromatic hydroxyl groups is 2. The van der Waals surface area contributed by atoms with Crippen LogP contribution in [-0.2, 0) is 17.6 Å². The molecule has 0 aromatic heterocycles. The van der Waals surface area contributed by atoms with E-state index in [1.807, 2.05) is 32.8 Å². The maximum Gasteiger partial charge on any atom is 0.167 e. The van der Waals surface area contributed by atoms with Gasteiger partial charge >= 0.3 is 0 Å². The first-order chi connectivity index (χ1) is 17.0. The predicted molar refractivity (Wildman–Crippen MR) is 136 cm³/mol. The number of rotatable bonds is 5. The number of phenolic OH excluding ortho intramolecular Hbond substituents is 2. The van der Waals surface area contributed by atoms with E-state index in [0.29, 0.717) is 57.1 Å². The average molecular weight is 500 g/mol. The maximum absolute atomic E-state index is 14.0. The van der Waals surface area contributed by atoms with Crippen molar-refractivity contribution in [2.45, 2.75) is 45.6 Å². The number of ketones is 1. The summed E-state index contributed by atoms with van der Waals surface area (Å²) >= 11 is 0. The molecule has 196 valence electrons. The molecule has 0 saturated heterocycles. The number of ether oxygens (including phenoxy) is 3. The van der Waals surface area contributed by atoms with Gasteiger partial charge in [-0.05, 0) is 58.3 Å². The molecule has 3 N–H and O–H groups in total. The summed E-state index contributed by atoms with van der Waals surface area (Å²) in [6, 6.07) is -0.408. The van der Waals surface area contributed by atoms with Gasteiger partial charge in [-0.3, -0.25) is 4.79 Å². The second kappa shape index (κ2) is 9.48. The molecule has 0 radical (unpaired) electrons. The van der Waals surface area contributed by atoms with Crippen molar-refractivity contribution >= 4 is 5.78 Å². The van der Waals surface area contributed by atoms with Crippen LogP contribution >= 0.6 is 0 Å². The summed E-state index contributed by atoms with van der Waals surface area (Å²) in [5.41, 5.74) is 4.74. The normalized spacial score (nSPS) is 23.0. The standard InChI is InChI=1S/C28H37NO7/c1-12-13(2)27(35-7)21-16(24(12)32)9-15-20(18(21)11-30)19(31)10-17-22(23(15)29(4)5)25(33)28(36-8)14(3)26(17)34-6/h15,18,20,23,30,32-33H,9-11H2,1-8H3/t15-,18-,20?,23?/m1/s1. The van der Waals surface area contributed by atoms with Crippen molar-refractivity contribution in [2.24, 2.45) is 11.8 Å². The summed E-state index contributed by atoms with van der Waals surface area (Å²) in [6.07, 6.45) is 0.430. The van der Waals surface area contributed by atoms with Crippen molar-refractivity contribution < 1.29 is 34.3 Å². The van der Waals surface area contributed by atoms with Crippen LogP contribution in [0, 0.1) is 32.6 Å². The van der Waals surface area contributed by atoms with Gasteiger partial charge in [0.15, 0.2) is 11.5 Å². The van der Waals surface area contributed by atoms with Crippen LogP contribution in [0.1, 0.15) is 50.9 Å². The fraction of sp³-hybridized carbons (Fsp3) is 0.536. The van der Waals surface area contributed by atoms with Crippen LogP contribution in [0.2, 0.25) is 0 Å². The number of benzene rings is 2. The number of phenols is 2. The van der Waals surface area contributed by atoms with Crippen LogP contribution in [0.5, 0.6) is 28.7 Å². The number of aliphatic hydroxyl groups excluding tert-OH is 1. The third-order valence-electron chi connectivity index (χ3n) is 8.36. The number of fused-ring (bicyclic) bond motifs is 3. The Morgan fingerprint density at radius 2 is 1.44 bits per heavy atom. The second-order valence-corrected chi connectivity index (χ2v) is 10.2. The molecule has 0 fully saturated rings. The Balaban J connectivity index is 2.07. The molecule has 2 unspecified atom stereocenters. The summed E-state index contributed by atoms with van der Waals surface area (Å²) < 4.78 is 17.1. The first-order valence-corrected chi connectivity index (χ1v) is 12.2. The molecule has 8 nitrogen and oxygen atoms in total. The van der Waals surface area contributed by atoms with E-state index in [1.54, 1.807) is 21.1 Å². The zero-order chi connectivity index (χ0) is 26.6. The topological polar surface area (TPSA) is 109 Å². The van der Waals surface area contributed by atoms with Gasteiger partial charge in [0.1, 0.15) is 23.0 Å². The zero-order valence-electron chi connectivity index (χ0n) is 22.4. The number of hydrogen-bond acceptors (Lipinski definition) is 8. The van der Waals surface area contributed by atoms with E-state index in [9.17, 15) is 20.1 Å². The molecule has 0 aliphatic heterocycles. The van der Waals surface area contributed by atoms with Crippen molar-refractivity contribution in [3.63, 3.8) is 0 Å². The van der Waals surface area contributed by atoms with Gasteiger partial charge in [-0.1, -0.05) is 0 Å². The predicted octanol–water partition coefficient (Wildman–Crippen LogP) is 3.34. The van der Waals surface area contributed by atoms with Gasteiger partial charge in [0, 0.05) is 52.1 Å². The third kappa shape index (κ3) is 3.53. The van der Waals surface area contributed by atoms with E-state index in [2.05, 4.69) is 0 Å². The van der Waals surface area contributed by atoms with Crippen LogP contribution in [-0.4, -0.2) is 68.0 Å². The molecule has 0 amide bonds. The lowest BCUT2D eigenvalue weighted by Gasteiger charge is -2.44. The number of hydrogen-bond donors (Lipinski definition) is 3. The Hall–Kier alpha value is -2.97. The summed E-state index contributed by atoms with van der Waals surface area (Å²) in [4.78, 5) is 16.0. The monoisotopic (exact) mass is 499 g/mol. The van der Waals surface area contributed by atoms with Crippen LogP contribution in [0.4, 0.5) is 0 Å². The quantitative estimate of drug-likeness (QED) is 0.575. The molecular formula is C28H37NO7.